The van der Waals surface area contributed by atoms with Crippen molar-refractivity contribution in [3.63, 3.8) is 0 Å². The molecule has 63 heavy (non-hydrogen) atoms. The number of hydrogen-bond donors (Lipinski definition) is 3. The molecule has 1 aromatic rings. The van der Waals surface area contributed by atoms with Gasteiger partial charge in [0, 0.05) is 95.2 Å². The summed E-state index contributed by atoms with van der Waals surface area (Å²) in [6.45, 7) is 23.4. The first-order valence-corrected chi connectivity index (χ1v) is 24.1. The number of aromatic nitrogens is 3. The molecule has 4 heterocycles. The van der Waals surface area contributed by atoms with Crippen LogP contribution in [0.4, 0.5) is 14.4 Å². The molecule has 12 atom stereocenters. The summed E-state index contributed by atoms with van der Waals surface area (Å²) in [5.41, 5.74) is -1.79. The number of unbranched alkanes of at least 4 members (excludes halogenated alkanes) is 9. The van der Waals surface area contributed by atoms with E-state index < -0.39 is 35.3 Å². The van der Waals surface area contributed by atoms with Crippen molar-refractivity contribution in [2.24, 2.45) is 0 Å². The van der Waals surface area contributed by atoms with E-state index in [1.807, 2.05) is 20.8 Å². The summed E-state index contributed by atoms with van der Waals surface area (Å²) in [6.07, 6.45) is 6.48. The zero-order chi connectivity index (χ0) is 46.2. The van der Waals surface area contributed by atoms with Crippen LogP contribution in [0.1, 0.15) is 139 Å². The summed E-state index contributed by atoms with van der Waals surface area (Å²) >= 11 is 0. The van der Waals surface area contributed by atoms with Crippen LogP contribution in [0.5, 0.6) is 0 Å². The van der Waals surface area contributed by atoms with Gasteiger partial charge in [-0.3, -0.25) is 14.7 Å². The van der Waals surface area contributed by atoms with Crippen LogP contribution in [-0.2, 0) is 33.8 Å². The van der Waals surface area contributed by atoms with Crippen LogP contribution < -0.4 is 33.0 Å². The molecule has 12 unspecified atom stereocenters. The number of amides is 3. The lowest BCUT2D eigenvalue weighted by Gasteiger charge is -2.22. The number of hydrogen-bond acceptors (Lipinski definition) is 12. The van der Waals surface area contributed by atoms with E-state index in [2.05, 4.69) is 72.2 Å². The van der Waals surface area contributed by atoms with Gasteiger partial charge in [0.1, 0.15) is 18.3 Å². The number of nitrogens with zero attached hydrogens (tertiary/aromatic N) is 6. The molecule has 360 valence electrons. The second-order valence-electron chi connectivity index (χ2n) is 18.5. The Morgan fingerprint density at radius 2 is 0.667 bits per heavy atom. The van der Waals surface area contributed by atoms with E-state index in [4.69, 9.17) is 14.2 Å². The third-order valence-corrected chi connectivity index (χ3v) is 13.3. The Morgan fingerprint density at radius 3 is 0.889 bits per heavy atom. The SMILES string of the molecule is CC(OC(=O)NCCCCCCn1c(=O)n(CCCCCCNC(=O)OC(C)C(C)N2CC2C)c(=O)n(CCCCCCNC(=O)OC(C)C(C)N2CC2C)c1=O)C(C)N1CC1C. The Bertz CT molecular complexity index is 1550. The molecule has 4 rings (SSSR count). The zero-order valence-corrected chi connectivity index (χ0v) is 39.9. The first-order chi connectivity index (χ1) is 30.0. The molecule has 3 N–H and O–H groups in total. The molecular formula is C45H81N9O9. The predicted octanol–water partition coefficient (Wildman–Crippen LogP) is 4.47. The van der Waals surface area contributed by atoms with Gasteiger partial charge in [0.05, 0.1) is 0 Å². The van der Waals surface area contributed by atoms with Gasteiger partial charge < -0.3 is 30.2 Å². The summed E-state index contributed by atoms with van der Waals surface area (Å²) < 4.78 is 20.2. The van der Waals surface area contributed by atoms with Gasteiger partial charge in [-0.25, -0.2) is 42.5 Å². The molecular weight excluding hydrogens is 811 g/mol. The summed E-state index contributed by atoms with van der Waals surface area (Å²) in [5.74, 6) is 0. The average Bonchev–Trinajstić information content (AvgIpc) is 4.20. The molecule has 3 fully saturated rings. The van der Waals surface area contributed by atoms with Gasteiger partial charge in [0.2, 0.25) is 0 Å². The van der Waals surface area contributed by atoms with Gasteiger partial charge in [0.15, 0.2) is 0 Å². The minimum absolute atomic E-state index is 0.167. The molecule has 18 nitrogen and oxygen atoms in total. The fourth-order valence-electron chi connectivity index (χ4n) is 8.29. The highest BCUT2D eigenvalue weighted by Crippen LogP contribution is 2.25. The van der Waals surface area contributed by atoms with E-state index in [0.717, 1.165) is 77.4 Å². The topological polar surface area (TPSA) is 190 Å². The Kier molecular flexibility index (Phi) is 21.0. The molecule has 3 aliphatic rings. The van der Waals surface area contributed by atoms with Gasteiger partial charge in [-0.15, -0.1) is 0 Å². The summed E-state index contributed by atoms with van der Waals surface area (Å²) in [4.78, 5) is 84.7. The quantitative estimate of drug-likeness (QED) is 0.0559. The maximum Gasteiger partial charge on any atom is 0.407 e. The van der Waals surface area contributed by atoms with Crippen LogP contribution in [0, 0.1) is 0 Å². The smallest absolute Gasteiger partial charge is 0.407 e. The molecule has 0 aliphatic carbocycles. The monoisotopic (exact) mass is 892 g/mol. The second-order valence-corrected chi connectivity index (χ2v) is 18.5. The Balaban J connectivity index is 1.21. The van der Waals surface area contributed by atoms with Crippen molar-refractivity contribution in [2.75, 3.05) is 39.3 Å². The van der Waals surface area contributed by atoms with Crippen molar-refractivity contribution in [3.8, 4) is 0 Å². The maximum atomic E-state index is 13.6. The number of ether oxygens (including phenoxy) is 3. The van der Waals surface area contributed by atoms with Gasteiger partial charge in [-0.1, -0.05) is 38.5 Å². The van der Waals surface area contributed by atoms with Gasteiger partial charge in [-0.05, 0) is 101 Å². The fraction of sp³-hybridized carbons (Fsp3) is 0.867. The number of nitrogens with one attached hydrogen (secondary N) is 3. The Hall–Kier alpha value is -3.90. The van der Waals surface area contributed by atoms with Crippen LogP contribution in [0.15, 0.2) is 14.4 Å². The molecule has 3 aliphatic heterocycles. The van der Waals surface area contributed by atoms with Crippen molar-refractivity contribution in [2.45, 2.75) is 214 Å². The van der Waals surface area contributed by atoms with Gasteiger partial charge in [-0.2, -0.15) is 0 Å². The van der Waals surface area contributed by atoms with Crippen molar-refractivity contribution in [1.82, 2.24) is 44.4 Å². The Morgan fingerprint density at radius 1 is 0.444 bits per heavy atom. The van der Waals surface area contributed by atoms with E-state index >= 15 is 0 Å². The standard InChI is InChI=1S/C45H81N9O9/c1-31-28-52(31)34(4)37(7)61-40(55)46-22-16-10-13-19-25-49-43(58)50(26-20-14-11-17-23-47-41(56)62-38(8)35(5)53-29-32(53)2)45(60)51(44(49)59)27-21-15-12-18-24-48-42(57)63-39(9)36(6)54-30-33(54)3/h31-39H,10-30H2,1-9H3,(H,46,55)(H,47,56)(H,48,57). The lowest BCUT2D eigenvalue weighted by molar-refractivity contribution is 0.0717. The van der Waals surface area contributed by atoms with E-state index in [-0.39, 0.29) is 56.1 Å². The zero-order valence-electron chi connectivity index (χ0n) is 39.9. The molecule has 0 aromatic carbocycles. The Labute approximate surface area is 374 Å². The largest absolute Gasteiger partial charge is 0.445 e. The molecule has 0 bridgehead atoms. The minimum Gasteiger partial charge on any atom is -0.445 e. The third-order valence-electron chi connectivity index (χ3n) is 13.3. The molecule has 18 heteroatoms. The lowest BCUT2D eigenvalue weighted by Crippen LogP contribution is -2.54. The highest BCUT2D eigenvalue weighted by atomic mass is 16.6. The van der Waals surface area contributed by atoms with Crippen LogP contribution in [0.3, 0.4) is 0 Å². The number of carbonyl (C=O) groups is 3. The molecule has 3 saturated heterocycles. The second kappa shape index (κ2) is 25.6. The first-order valence-electron chi connectivity index (χ1n) is 24.1. The van der Waals surface area contributed by atoms with Crippen LogP contribution >= 0.6 is 0 Å². The van der Waals surface area contributed by atoms with Gasteiger partial charge >= 0.3 is 35.3 Å². The van der Waals surface area contributed by atoms with Crippen molar-refractivity contribution in [1.29, 1.82) is 0 Å². The third kappa shape index (κ3) is 16.9. The van der Waals surface area contributed by atoms with Crippen LogP contribution in [0.2, 0.25) is 0 Å². The molecule has 0 spiro atoms. The summed E-state index contributed by atoms with van der Waals surface area (Å²) in [5, 5.41) is 8.47. The fourth-order valence-corrected chi connectivity index (χ4v) is 8.29. The normalized spacial score (nSPS) is 24.0. The molecule has 1 aromatic heterocycles. The number of alkyl carbamates (subject to hydrolysis) is 3. The molecule has 3 amide bonds. The lowest BCUT2D eigenvalue weighted by atomic mass is 10.2. The van der Waals surface area contributed by atoms with Crippen molar-refractivity contribution >= 4 is 18.3 Å². The summed E-state index contributed by atoms with van der Waals surface area (Å²) in [6, 6.07) is 2.08. The number of carbonyl (C=O) groups excluding carboxylic acids is 3. The first kappa shape index (κ1) is 51.7. The van der Waals surface area contributed by atoms with E-state index in [0.29, 0.717) is 57.0 Å². The van der Waals surface area contributed by atoms with E-state index in [1.54, 1.807) is 0 Å². The average molecular weight is 892 g/mol. The van der Waals surface area contributed by atoms with Crippen molar-refractivity contribution < 1.29 is 28.6 Å². The van der Waals surface area contributed by atoms with Gasteiger partial charge in [0.25, 0.3) is 0 Å². The van der Waals surface area contributed by atoms with Crippen LogP contribution in [-0.4, -0.2) is 141 Å². The highest BCUT2D eigenvalue weighted by molar-refractivity contribution is 5.68. The van der Waals surface area contributed by atoms with E-state index in [9.17, 15) is 28.8 Å². The van der Waals surface area contributed by atoms with Crippen molar-refractivity contribution in [3.05, 3.63) is 31.5 Å². The highest BCUT2D eigenvalue weighted by Gasteiger charge is 2.39. The maximum absolute atomic E-state index is 13.6. The molecule has 0 saturated carbocycles. The predicted molar refractivity (Wildman–Crippen MR) is 243 cm³/mol. The van der Waals surface area contributed by atoms with E-state index in [1.165, 1.54) is 13.7 Å². The number of rotatable bonds is 30. The minimum atomic E-state index is -0.596. The summed E-state index contributed by atoms with van der Waals surface area (Å²) in [7, 11) is 0. The van der Waals surface area contributed by atoms with Crippen LogP contribution in [0.25, 0.3) is 0 Å². The molecule has 0 radical (unpaired) electrons.